The molecule has 0 radical (unpaired) electrons. The first-order valence-corrected chi connectivity index (χ1v) is 5.89. The standard InChI is InChI=1S/C13H18N2/c14-11-6-12(7-11)15-8-10-5-9-3-1-2-4-13(9)10/h1-4,10-12,15H,5-8,14H2. The Labute approximate surface area is 90.9 Å². The number of benzene rings is 1. The number of fused-ring (bicyclic) bond motifs is 1. The highest BCUT2D eigenvalue weighted by atomic mass is 15.0. The molecule has 80 valence electrons. The van der Waals surface area contributed by atoms with Crippen molar-refractivity contribution < 1.29 is 0 Å². The molecule has 2 aliphatic carbocycles. The van der Waals surface area contributed by atoms with Gasteiger partial charge < -0.3 is 11.1 Å². The highest BCUT2D eigenvalue weighted by molar-refractivity contribution is 5.40. The lowest BCUT2D eigenvalue weighted by Crippen LogP contribution is -2.49. The van der Waals surface area contributed by atoms with Gasteiger partial charge in [0.2, 0.25) is 0 Å². The molecule has 1 fully saturated rings. The van der Waals surface area contributed by atoms with E-state index < -0.39 is 0 Å². The number of rotatable bonds is 3. The van der Waals surface area contributed by atoms with Crippen molar-refractivity contribution in [1.29, 1.82) is 0 Å². The van der Waals surface area contributed by atoms with Crippen LogP contribution >= 0.6 is 0 Å². The second kappa shape index (κ2) is 3.62. The molecule has 2 aliphatic rings. The predicted molar refractivity (Wildman–Crippen MR) is 61.9 cm³/mol. The first kappa shape index (κ1) is 9.37. The van der Waals surface area contributed by atoms with Crippen LogP contribution in [0.2, 0.25) is 0 Å². The molecule has 0 bridgehead atoms. The molecule has 1 saturated carbocycles. The van der Waals surface area contributed by atoms with E-state index in [-0.39, 0.29) is 0 Å². The molecular formula is C13H18N2. The molecule has 2 nitrogen and oxygen atoms in total. The monoisotopic (exact) mass is 202 g/mol. The number of nitrogens with two attached hydrogens (primary N) is 1. The smallest absolute Gasteiger partial charge is 0.00967 e. The Hall–Kier alpha value is -0.860. The lowest BCUT2D eigenvalue weighted by atomic mass is 9.77. The van der Waals surface area contributed by atoms with Gasteiger partial charge in [-0.1, -0.05) is 24.3 Å². The average Bonchev–Trinajstić information content (AvgIpc) is 2.16. The maximum Gasteiger partial charge on any atom is 0.00967 e. The maximum atomic E-state index is 5.76. The van der Waals surface area contributed by atoms with Gasteiger partial charge in [0, 0.05) is 24.5 Å². The first-order chi connectivity index (χ1) is 7.33. The number of hydrogen-bond acceptors (Lipinski definition) is 2. The van der Waals surface area contributed by atoms with E-state index >= 15 is 0 Å². The molecule has 15 heavy (non-hydrogen) atoms. The zero-order valence-corrected chi connectivity index (χ0v) is 8.95. The fourth-order valence-corrected chi connectivity index (χ4v) is 2.68. The SMILES string of the molecule is NC1CC(NCC2Cc3ccccc32)C1. The Bertz CT molecular complexity index is 355. The zero-order chi connectivity index (χ0) is 10.3. The third kappa shape index (κ3) is 1.68. The largest absolute Gasteiger partial charge is 0.328 e. The highest BCUT2D eigenvalue weighted by Crippen LogP contribution is 2.34. The molecule has 0 spiro atoms. The van der Waals surface area contributed by atoms with Crippen LogP contribution in [0.5, 0.6) is 0 Å². The van der Waals surface area contributed by atoms with Crippen molar-refractivity contribution in [3.8, 4) is 0 Å². The minimum absolute atomic E-state index is 0.455. The van der Waals surface area contributed by atoms with Crippen LogP contribution in [0.3, 0.4) is 0 Å². The van der Waals surface area contributed by atoms with Crippen LogP contribution in [-0.2, 0) is 6.42 Å². The summed E-state index contributed by atoms with van der Waals surface area (Å²) in [6.07, 6.45) is 3.57. The summed E-state index contributed by atoms with van der Waals surface area (Å²) in [5.41, 5.74) is 8.84. The molecule has 3 rings (SSSR count). The van der Waals surface area contributed by atoms with Gasteiger partial charge in [-0.3, -0.25) is 0 Å². The Morgan fingerprint density at radius 1 is 1.27 bits per heavy atom. The van der Waals surface area contributed by atoms with Gasteiger partial charge >= 0.3 is 0 Å². The van der Waals surface area contributed by atoms with Crippen LogP contribution in [-0.4, -0.2) is 18.6 Å². The second-order valence-corrected chi connectivity index (χ2v) is 4.94. The van der Waals surface area contributed by atoms with Crippen LogP contribution < -0.4 is 11.1 Å². The molecule has 3 N–H and O–H groups in total. The highest BCUT2D eigenvalue weighted by Gasteiger charge is 2.29. The zero-order valence-electron chi connectivity index (χ0n) is 8.95. The minimum atomic E-state index is 0.455. The quantitative estimate of drug-likeness (QED) is 0.777. The van der Waals surface area contributed by atoms with Crippen molar-refractivity contribution >= 4 is 0 Å². The lowest BCUT2D eigenvalue weighted by molar-refractivity contribution is 0.284. The van der Waals surface area contributed by atoms with E-state index in [1.165, 1.54) is 12.0 Å². The molecule has 1 aromatic rings. The summed E-state index contributed by atoms with van der Waals surface area (Å²) in [4.78, 5) is 0. The van der Waals surface area contributed by atoms with Crippen LogP contribution in [0.1, 0.15) is 29.9 Å². The van der Waals surface area contributed by atoms with Gasteiger partial charge in [-0.15, -0.1) is 0 Å². The molecule has 2 heteroatoms. The number of hydrogen-bond donors (Lipinski definition) is 2. The third-order valence-corrected chi connectivity index (χ3v) is 3.79. The lowest BCUT2D eigenvalue weighted by Gasteiger charge is -2.37. The Morgan fingerprint density at radius 2 is 2.07 bits per heavy atom. The van der Waals surface area contributed by atoms with Crippen LogP contribution in [0.4, 0.5) is 0 Å². The second-order valence-electron chi connectivity index (χ2n) is 4.94. The summed E-state index contributed by atoms with van der Waals surface area (Å²) in [5.74, 6) is 0.748. The molecule has 0 aliphatic heterocycles. The van der Waals surface area contributed by atoms with Crippen LogP contribution in [0.15, 0.2) is 24.3 Å². The fraction of sp³-hybridized carbons (Fsp3) is 0.538. The van der Waals surface area contributed by atoms with Crippen molar-refractivity contribution in [2.45, 2.75) is 37.3 Å². The third-order valence-electron chi connectivity index (χ3n) is 3.79. The average molecular weight is 202 g/mol. The van der Waals surface area contributed by atoms with Gasteiger partial charge in [0.1, 0.15) is 0 Å². The van der Waals surface area contributed by atoms with Crippen molar-refractivity contribution in [3.05, 3.63) is 35.4 Å². The van der Waals surface area contributed by atoms with Crippen molar-refractivity contribution in [1.82, 2.24) is 5.32 Å². The van der Waals surface area contributed by atoms with Crippen LogP contribution in [0, 0.1) is 0 Å². The van der Waals surface area contributed by atoms with Crippen molar-refractivity contribution in [2.75, 3.05) is 6.54 Å². The van der Waals surface area contributed by atoms with E-state index in [4.69, 9.17) is 5.73 Å². The van der Waals surface area contributed by atoms with Crippen molar-refractivity contribution in [2.24, 2.45) is 5.73 Å². The normalized spacial score (nSPS) is 32.7. The summed E-state index contributed by atoms with van der Waals surface area (Å²) in [6.45, 7) is 1.13. The fourth-order valence-electron chi connectivity index (χ4n) is 2.68. The summed E-state index contributed by atoms with van der Waals surface area (Å²) in [7, 11) is 0. The summed E-state index contributed by atoms with van der Waals surface area (Å²) in [5, 5.41) is 3.61. The van der Waals surface area contributed by atoms with Gasteiger partial charge in [0.05, 0.1) is 0 Å². The van der Waals surface area contributed by atoms with Gasteiger partial charge in [0.25, 0.3) is 0 Å². The molecular weight excluding hydrogens is 184 g/mol. The van der Waals surface area contributed by atoms with E-state index in [2.05, 4.69) is 29.6 Å². The molecule has 1 unspecified atom stereocenters. The van der Waals surface area contributed by atoms with Gasteiger partial charge in [-0.2, -0.15) is 0 Å². The molecule has 0 amide bonds. The van der Waals surface area contributed by atoms with Gasteiger partial charge in [-0.25, -0.2) is 0 Å². The van der Waals surface area contributed by atoms with Gasteiger partial charge in [0.15, 0.2) is 0 Å². The molecule has 0 aromatic heterocycles. The molecule has 1 aromatic carbocycles. The Balaban J connectivity index is 1.51. The number of nitrogens with one attached hydrogen (secondary N) is 1. The van der Waals surface area contributed by atoms with Gasteiger partial charge in [-0.05, 0) is 30.4 Å². The Morgan fingerprint density at radius 3 is 2.80 bits per heavy atom. The summed E-state index contributed by atoms with van der Waals surface area (Å²) < 4.78 is 0. The van der Waals surface area contributed by atoms with E-state index in [1.54, 1.807) is 5.56 Å². The van der Waals surface area contributed by atoms with E-state index in [9.17, 15) is 0 Å². The Kier molecular flexibility index (Phi) is 2.26. The molecule has 0 saturated heterocycles. The maximum absolute atomic E-state index is 5.76. The summed E-state index contributed by atoms with van der Waals surface area (Å²) >= 11 is 0. The van der Waals surface area contributed by atoms with E-state index in [1.807, 2.05) is 0 Å². The van der Waals surface area contributed by atoms with Crippen LogP contribution in [0.25, 0.3) is 0 Å². The molecule has 1 atom stereocenters. The first-order valence-electron chi connectivity index (χ1n) is 5.89. The van der Waals surface area contributed by atoms with E-state index in [0.29, 0.717) is 12.1 Å². The predicted octanol–water partition coefficient (Wildman–Crippen LogP) is 1.41. The topological polar surface area (TPSA) is 38.0 Å². The van der Waals surface area contributed by atoms with E-state index in [0.717, 1.165) is 25.3 Å². The summed E-state index contributed by atoms with van der Waals surface area (Å²) in [6, 6.07) is 9.92. The minimum Gasteiger partial charge on any atom is -0.328 e. The van der Waals surface area contributed by atoms with Crippen molar-refractivity contribution in [3.63, 3.8) is 0 Å². The molecule has 0 heterocycles.